The second-order valence-corrected chi connectivity index (χ2v) is 6.84. The smallest absolute Gasteiger partial charge is 0.270 e. The zero-order valence-corrected chi connectivity index (χ0v) is 13.9. The second-order valence-electron chi connectivity index (χ2n) is 5.68. The van der Waals surface area contributed by atoms with E-state index in [0.717, 1.165) is 22.3 Å². The van der Waals surface area contributed by atoms with Crippen molar-refractivity contribution >= 4 is 34.0 Å². The van der Waals surface area contributed by atoms with Gasteiger partial charge in [-0.15, -0.1) is 0 Å². The summed E-state index contributed by atoms with van der Waals surface area (Å²) in [4.78, 5) is 12.5. The minimum atomic E-state index is -0.373. The SMILES string of the molecule is CN(C)CC(C)(C)CNc1ccc([N+](=O)[O-])cc1I. The van der Waals surface area contributed by atoms with Gasteiger partial charge < -0.3 is 10.2 Å². The molecule has 5 nitrogen and oxygen atoms in total. The molecule has 0 fully saturated rings. The molecule has 1 rings (SSSR count). The number of anilines is 1. The summed E-state index contributed by atoms with van der Waals surface area (Å²) in [6, 6.07) is 4.89. The van der Waals surface area contributed by atoms with Crippen molar-refractivity contribution in [2.45, 2.75) is 13.8 Å². The summed E-state index contributed by atoms with van der Waals surface area (Å²) in [5, 5.41) is 14.0. The Morgan fingerprint density at radius 1 is 1.42 bits per heavy atom. The summed E-state index contributed by atoms with van der Waals surface area (Å²) in [5.74, 6) is 0. The van der Waals surface area contributed by atoms with E-state index in [1.165, 1.54) is 6.07 Å². The van der Waals surface area contributed by atoms with Crippen molar-refractivity contribution in [1.82, 2.24) is 4.90 Å². The Kier molecular flexibility index (Phi) is 5.54. The van der Waals surface area contributed by atoms with E-state index in [9.17, 15) is 10.1 Å². The third-order valence-corrected chi connectivity index (χ3v) is 3.56. The van der Waals surface area contributed by atoms with Crippen molar-refractivity contribution in [2.24, 2.45) is 5.41 Å². The monoisotopic (exact) mass is 377 g/mol. The van der Waals surface area contributed by atoms with Crippen molar-refractivity contribution in [2.75, 3.05) is 32.5 Å². The summed E-state index contributed by atoms with van der Waals surface area (Å²) < 4.78 is 0.868. The standard InChI is InChI=1S/C13H20IN3O2/c1-13(2,9-16(3)4)8-15-12-6-5-10(17(18)19)7-11(12)14/h5-7,15H,8-9H2,1-4H3. The first-order chi connectivity index (χ1) is 8.71. The lowest BCUT2D eigenvalue weighted by Crippen LogP contribution is -2.34. The quantitative estimate of drug-likeness (QED) is 0.470. The lowest BCUT2D eigenvalue weighted by atomic mass is 9.93. The Labute approximate surface area is 127 Å². The first-order valence-electron chi connectivity index (χ1n) is 6.04. The van der Waals surface area contributed by atoms with Crippen LogP contribution in [0.1, 0.15) is 13.8 Å². The van der Waals surface area contributed by atoms with Gasteiger partial charge >= 0.3 is 0 Å². The van der Waals surface area contributed by atoms with Crippen LogP contribution >= 0.6 is 22.6 Å². The zero-order valence-electron chi connectivity index (χ0n) is 11.7. The fourth-order valence-corrected chi connectivity index (χ4v) is 2.70. The highest BCUT2D eigenvalue weighted by Crippen LogP contribution is 2.25. The molecule has 106 valence electrons. The van der Waals surface area contributed by atoms with Crippen molar-refractivity contribution in [3.63, 3.8) is 0 Å². The molecule has 6 heteroatoms. The van der Waals surface area contributed by atoms with E-state index in [1.807, 2.05) is 0 Å². The average molecular weight is 377 g/mol. The maximum absolute atomic E-state index is 10.7. The zero-order chi connectivity index (χ0) is 14.6. The largest absolute Gasteiger partial charge is 0.384 e. The van der Waals surface area contributed by atoms with E-state index in [1.54, 1.807) is 12.1 Å². The molecule has 1 aromatic rings. The van der Waals surface area contributed by atoms with Crippen LogP contribution in [0.25, 0.3) is 0 Å². The van der Waals surface area contributed by atoms with Gasteiger partial charge in [0, 0.05) is 34.5 Å². The minimum absolute atomic E-state index is 0.127. The Morgan fingerprint density at radius 2 is 2.05 bits per heavy atom. The molecule has 0 aromatic heterocycles. The lowest BCUT2D eigenvalue weighted by Gasteiger charge is -2.29. The third kappa shape index (κ3) is 5.32. The van der Waals surface area contributed by atoms with Gasteiger partial charge in [-0.2, -0.15) is 0 Å². The summed E-state index contributed by atoms with van der Waals surface area (Å²) in [5.41, 5.74) is 1.20. The molecule has 0 amide bonds. The predicted molar refractivity (Wildman–Crippen MR) is 86.6 cm³/mol. The van der Waals surface area contributed by atoms with Gasteiger partial charge in [-0.25, -0.2) is 0 Å². The van der Waals surface area contributed by atoms with Gasteiger partial charge in [-0.3, -0.25) is 10.1 Å². The van der Waals surface area contributed by atoms with Crippen LogP contribution < -0.4 is 5.32 Å². The lowest BCUT2D eigenvalue weighted by molar-refractivity contribution is -0.384. The Balaban J connectivity index is 2.71. The number of nitro groups is 1. The highest BCUT2D eigenvalue weighted by atomic mass is 127. The van der Waals surface area contributed by atoms with Gasteiger partial charge in [0.1, 0.15) is 0 Å². The van der Waals surface area contributed by atoms with Crippen LogP contribution in [0.3, 0.4) is 0 Å². The third-order valence-electron chi connectivity index (χ3n) is 2.67. The maximum Gasteiger partial charge on any atom is 0.270 e. The van der Waals surface area contributed by atoms with E-state index < -0.39 is 0 Å². The Morgan fingerprint density at radius 3 is 2.53 bits per heavy atom. The summed E-state index contributed by atoms with van der Waals surface area (Å²) in [6.45, 7) is 6.18. The second kappa shape index (κ2) is 6.51. The molecule has 19 heavy (non-hydrogen) atoms. The molecular formula is C13H20IN3O2. The van der Waals surface area contributed by atoms with Crippen LogP contribution in [0, 0.1) is 19.1 Å². The van der Waals surface area contributed by atoms with Gasteiger partial charge in [0.25, 0.3) is 5.69 Å². The number of rotatable bonds is 6. The topological polar surface area (TPSA) is 58.4 Å². The molecule has 0 saturated heterocycles. The van der Waals surface area contributed by atoms with Gasteiger partial charge in [0.2, 0.25) is 0 Å². The number of halogens is 1. The number of nitrogens with zero attached hydrogens (tertiary/aromatic N) is 2. The number of nitro benzene ring substituents is 1. The molecule has 0 bridgehead atoms. The van der Waals surface area contributed by atoms with Crippen molar-refractivity contribution < 1.29 is 4.92 Å². The minimum Gasteiger partial charge on any atom is -0.384 e. The fourth-order valence-electron chi connectivity index (χ4n) is 2.01. The Hall–Kier alpha value is -0.890. The molecular weight excluding hydrogens is 357 g/mol. The first kappa shape index (κ1) is 16.2. The van der Waals surface area contributed by atoms with Gasteiger partial charge in [-0.05, 0) is 48.2 Å². The fraction of sp³-hybridized carbons (Fsp3) is 0.538. The number of nitrogens with one attached hydrogen (secondary N) is 1. The highest BCUT2D eigenvalue weighted by Gasteiger charge is 2.19. The van der Waals surface area contributed by atoms with Crippen LogP contribution in [0.2, 0.25) is 0 Å². The normalized spacial score (nSPS) is 11.7. The summed E-state index contributed by atoms with van der Waals surface area (Å²) in [6.07, 6.45) is 0. The maximum atomic E-state index is 10.7. The van der Waals surface area contributed by atoms with Crippen LogP contribution in [-0.2, 0) is 0 Å². The molecule has 1 aromatic carbocycles. The molecule has 0 unspecified atom stereocenters. The molecule has 0 aliphatic carbocycles. The molecule has 1 N–H and O–H groups in total. The van der Waals surface area contributed by atoms with Crippen LogP contribution in [0.15, 0.2) is 18.2 Å². The van der Waals surface area contributed by atoms with E-state index in [-0.39, 0.29) is 16.0 Å². The average Bonchev–Trinajstić information content (AvgIpc) is 2.25. The van der Waals surface area contributed by atoms with Gasteiger partial charge in [0.05, 0.1) is 4.92 Å². The summed E-state index contributed by atoms with van der Waals surface area (Å²) in [7, 11) is 4.11. The highest BCUT2D eigenvalue weighted by molar-refractivity contribution is 14.1. The molecule has 0 aliphatic rings. The molecule has 0 spiro atoms. The number of hydrogen-bond acceptors (Lipinski definition) is 4. The molecule has 0 heterocycles. The number of benzene rings is 1. The van der Waals surface area contributed by atoms with E-state index >= 15 is 0 Å². The van der Waals surface area contributed by atoms with Gasteiger partial charge in [-0.1, -0.05) is 13.8 Å². The molecule has 0 radical (unpaired) electrons. The summed E-state index contributed by atoms with van der Waals surface area (Å²) >= 11 is 2.12. The van der Waals surface area contributed by atoms with Crippen molar-refractivity contribution in [1.29, 1.82) is 0 Å². The first-order valence-corrected chi connectivity index (χ1v) is 7.12. The predicted octanol–water partition coefficient (Wildman–Crippen LogP) is 3.20. The molecule has 0 saturated carbocycles. The van der Waals surface area contributed by atoms with Crippen LogP contribution in [0.4, 0.5) is 11.4 Å². The molecule has 0 aliphatic heterocycles. The van der Waals surface area contributed by atoms with E-state index in [0.29, 0.717) is 0 Å². The van der Waals surface area contributed by atoms with Crippen LogP contribution in [-0.4, -0.2) is 37.0 Å². The number of hydrogen-bond donors (Lipinski definition) is 1. The van der Waals surface area contributed by atoms with Gasteiger partial charge in [0.15, 0.2) is 0 Å². The Bertz CT molecular complexity index is 461. The van der Waals surface area contributed by atoms with Crippen molar-refractivity contribution in [3.05, 3.63) is 31.9 Å². The number of non-ortho nitro benzene ring substituents is 1. The van der Waals surface area contributed by atoms with E-state index in [2.05, 4.69) is 60.8 Å². The van der Waals surface area contributed by atoms with Crippen LogP contribution in [0.5, 0.6) is 0 Å². The van der Waals surface area contributed by atoms with Crippen molar-refractivity contribution in [3.8, 4) is 0 Å². The van der Waals surface area contributed by atoms with E-state index in [4.69, 9.17) is 0 Å². The molecule has 0 atom stereocenters.